The van der Waals surface area contributed by atoms with Crippen LogP contribution in [0.4, 0.5) is 0 Å². The molecule has 0 fully saturated rings. The van der Waals surface area contributed by atoms with Crippen molar-refractivity contribution in [2.45, 2.75) is 153 Å². The van der Waals surface area contributed by atoms with Crippen molar-refractivity contribution in [2.24, 2.45) is 0 Å². The molecule has 5 aromatic rings. The normalized spacial score (nSPS) is 11.3. The Morgan fingerprint density at radius 1 is 0.600 bits per heavy atom. The van der Waals surface area contributed by atoms with E-state index in [-0.39, 0.29) is 0 Å². The van der Waals surface area contributed by atoms with E-state index in [2.05, 4.69) is 185 Å². The van der Waals surface area contributed by atoms with Gasteiger partial charge in [-0.25, -0.2) is 0 Å². The van der Waals surface area contributed by atoms with E-state index >= 15 is 0 Å². The summed E-state index contributed by atoms with van der Waals surface area (Å²) in [6.45, 7) is 43.8. The lowest BCUT2D eigenvalue weighted by atomic mass is 9.92. The van der Waals surface area contributed by atoms with Crippen molar-refractivity contribution in [3.05, 3.63) is 180 Å². The van der Waals surface area contributed by atoms with Crippen LogP contribution in [0, 0.1) is 0 Å². The summed E-state index contributed by atoms with van der Waals surface area (Å²) < 4.78 is 2.42. The largest absolute Gasteiger partial charge is 0.309 e. The summed E-state index contributed by atoms with van der Waals surface area (Å²) in [5.74, 6) is 0. The second-order valence-corrected chi connectivity index (χ2v) is 19.4. The fourth-order valence-corrected chi connectivity index (χ4v) is 8.57. The van der Waals surface area contributed by atoms with Gasteiger partial charge in [0.05, 0.1) is 11.0 Å². The van der Waals surface area contributed by atoms with E-state index in [0.29, 0.717) is 8.58 Å². The van der Waals surface area contributed by atoms with Gasteiger partial charge in [0.25, 0.3) is 0 Å². The molecule has 3 heteroatoms. The first kappa shape index (κ1) is 56.6. The molecule has 0 amide bonds. The first-order valence-corrected chi connectivity index (χ1v) is 26.0. The molecule has 0 saturated carbocycles. The van der Waals surface area contributed by atoms with Crippen LogP contribution in [-0.2, 0) is 0 Å². The topological polar surface area (TPSA) is 4.93 Å². The summed E-state index contributed by atoms with van der Waals surface area (Å²) in [4.78, 5) is 0. The Morgan fingerprint density at radius 2 is 1.06 bits per heavy atom. The van der Waals surface area contributed by atoms with Gasteiger partial charge in [-0.2, -0.15) is 0 Å². The van der Waals surface area contributed by atoms with Crippen molar-refractivity contribution >= 4 is 61.0 Å². The van der Waals surface area contributed by atoms with Crippen LogP contribution < -0.4 is 5.30 Å². The highest BCUT2D eigenvalue weighted by molar-refractivity contribution is 7.51. The molecular weight excluding hydrogens is 821 g/mol. The molecule has 0 saturated heterocycles. The maximum absolute atomic E-state index is 4.60. The second kappa shape index (κ2) is 30.6. The summed E-state index contributed by atoms with van der Waals surface area (Å²) >= 11 is 0. The van der Waals surface area contributed by atoms with E-state index in [1.165, 1.54) is 117 Å². The fourth-order valence-electron chi connectivity index (χ4n) is 7.31. The minimum Gasteiger partial charge on any atom is -0.309 e. The van der Waals surface area contributed by atoms with Crippen LogP contribution in [-0.4, -0.2) is 9.86 Å². The maximum atomic E-state index is 4.60. The Labute approximate surface area is 402 Å². The SMILES string of the molecule is C=C(C)C.C=C(C)CC.C=C(CCCCCC)C(=C)c1ccc(-n2c3ccc(C(=P)c4ccc(P/C(C)=C\C)cc4)cc3c3cc(/C(=C/CC)C(=C)CCCCCC)ccc32)cc1.CC. The molecule has 0 aliphatic carbocycles. The molecule has 0 radical (unpaired) electrons. The van der Waals surface area contributed by atoms with Gasteiger partial charge in [-0.05, 0) is 159 Å². The maximum Gasteiger partial charge on any atom is 0.0541 e. The highest BCUT2D eigenvalue weighted by atomic mass is 31.1. The molecule has 0 bridgehead atoms. The Bertz CT molecular complexity index is 2390. The highest BCUT2D eigenvalue weighted by Crippen LogP contribution is 2.37. The molecule has 0 spiro atoms. The molecule has 0 aliphatic heterocycles. The van der Waals surface area contributed by atoms with Crippen molar-refractivity contribution in [1.29, 1.82) is 0 Å². The number of fused-ring (bicyclic) bond motifs is 3. The minimum absolute atomic E-state index is 0.702. The highest BCUT2D eigenvalue weighted by Gasteiger charge is 2.17. The third-order valence-electron chi connectivity index (χ3n) is 11.3. The second-order valence-electron chi connectivity index (χ2n) is 17.2. The number of benzene rings is 4. The average molecular weight is 906 g/mol. The zero-order chi connectivity index (χ0) is 48.5. The standard InChI is InChI=1S/C51H61NP2.C5H10.C4H8.C2H6/c1-9-13-15-17-20-36(5)39(8)40-22-28-44(29-23-40)52-49-32-26-42(46(19-11-3)37(6)21-18-16-14-10-2)34-47(49)48-35-43(27-33-50(48)52)51(53)41-24-30-45(31-25-41)54-38(7)12-4;1-4-5(2)3;1-4(2)3;1-2/h12,19,22-35,53-54H,5-6,8-11,13-18,20-21H2,1-4,7H3;2,4H2,1,3H3;1H2,2-3H3;1-2H3/b38-12-,46-19+;;;. The van der Waals surface area contributed by atoms with Crippen molar-refractivity contribution in [3.63, 3.8) is 0 Å². The molecule has 65 heavy (non-hydrogen) atoms. The molecule has 1 atom stereocenters. The number of rotatable bonds is 21. The summed E-state index contributed by atoms with van der Waals surface area (Å²) in [5.41, 5.74) is 15.4. The van der Waals surface area contributed by atoms with E-state index in [1.807, 2.05) is 34.6 Å². The summed E-state index contributed by atoms with van der Waals surface area (Å²) in [7, 11) is 4.78. The van der Waals surface area contributed by atoms with Gasteiger partial charge in [-0.15, -0.1) is 22.0 Å². The number of hydrogen-bond acceptors (Lipinski definition) is 0. The van der Waals surface area contributed by atoms with Crippen LogP contribution in [0.2, 0.25) is 0 Å². The van der Waals surface area contributed by atoms with Crippen LogP contribution in [0.3, 0.4) is 0 Å². The number of allylic oxidation sites excluding steroid dienone is 9. The van der Waals surface area contributed by atoms with Crippen LogP contribution in [0.15, 0.2) is 158 Å². The predicted molar refractivity (Wildman–Crippen MR) is 306 cm³/mol. The minimum atomic E-state index is 0.702. The van der Waals surface area contributed by atoms with Crippen LogP contribution in [0.1, 0.15) is 175 Å². The Balaban J connectivity index is 0.00000119. The first-order chi connectivity index (χ1) is 31.2. The quantitative estimate of drug-likeness (QED) is 0.0299. The smallest absolute Gasteiger partial charge is 0.0541 e. The monoisotopic (exact) mass is 906 g/mol. The molecule has 1 aromatic heterocycles. The molecule has 1 nitrogen and oxygen atoms in total. The first-order valence-electron chi connectivity index (χ1n) is 24.5. The van der Waals surface area contributed by atoms with E-state index in [1.54, 1.807) is 0 Å². The average Bonchev–Trinajstić information content (AvgIpc) is 3.64. The number of unbranched alkanes of at least 4 members (excludes halogenated alkanes) is 6. The zero-order valence-corrected chi connectivity index (χ0v) is 44.7. The van der Waals surface area contributed by atoms with E-state index < -0.39 is 0 Å². The van der Waals surface area contributed by atoms with Gasteiger partial charge >= 0.3 is 0 Å². The van der Waals surface area contributed by atoms with Gasteiger partial charge in [-0.3, -0.25) is 0 Å². The molecule has 0 aliphatic rings. The van der Waals surface area contributed by atoms with E-state index in [0.717, 1.165) is 58.9 Å². The summed E-state index contributed by atoms with van der Waals surface area (Å²) in [6, 6.07) is 31.8. The van der Waals surface area contributed by atoms with Crippen molar-refractivity contribution < 1.29 is 0 Å². The number of hydrogen-bond donors (Lipinski definition) is 0. The van der Waals surface area contributed by atoms with Crippen LogP contribution in [0.25, 0.3) is 38.6 Å². The van der Waals surface area contributed by atoms with Crippen LogP contribution >= 0.6 is 17.4 Å². The summed E-state index contributed by atoms with van der Waals surface area (Å²) in [6.07, 6.45) is 18.6. The Kier molecular flexibility index (Phi) is 26.7. The number of aromatic nitrogens is 1. The summed E-state index contributed by atoms with van der Waals surface area (Å²) in [5, 5.41) is 6.34. The lowest BCUT2D eigenvalue weighted by Gasteiger charge is -2.14. The Hall–Kier alpha value is -4.54. The lowest BCUT2D eigenvalue weighted by molar-refractivity contribution is 0.669. The zero-order valence-electron chi connectivity index (χ0n) is 42.7. The Morgan fingerprint density at radius 3 is 1.54 bits per heavy atom. The third kappa shape index (κ3) is 18.0. The van der Waals surface area contributed by atoms with Crippen LogP contribution in [0.5, 0.6) is 0 Å². The predicted octanol–water partition coefficient (Wildman–Crippen LogP) is 20.2. The molecule has 5 rings (SSSR count). The van der Waals surface area contributed by atoms with E-state index in [4.69, 9.17) is 0 Å². The van der Waals surface area contributed by atoms with Gasteiger partial charge in [0.2, 0.25) is 0 Å². The van der Waals surface area contributed by atoms with Gasteiger partial charge in [0.15, 0.2) is 0 Å². The fraction of sp³-hybridized carbons (Fsp3) is 0.371. The molecule has 348 valence electrons. The molecule has 4 aromatic carbocycles. The number of nitrogens with zero attached hydrogens (tertiary/aromatic N) is 1. The van der Waals surface area contributed by atoms with Crippen molar-refractivity contribution in [1.82, 2.24) is 4.57 Å². The van der Waals surface area contributed by atoms with Crippen molar-refractivity contribution in [2.75, 3.05) is 0 Å². The third-order valence-corrected chi connectivity index (χ3v) is 13.2. The van der Waals surface area contributed by atoms with Gasteiger partial charge < -0.3 is 4.57 Å². The molecule has 1 heterocycles. The molecular formula is C62H85NP2. The molecule has 0 N–H and O–H groups in total. The van der Waals surface area contributed by atoms with Gasteiger partial charge in [0.1, 0.15) is 0 Å². The molecule has 1 unspecified atom stereocenters. The lowest BCUT2D eigenvalue weighted by Crippen LogP contribution is -2.02. The van der Waals surface area contributed by atoms with Gasteiger partial charge in [0, 0.05) is 21.8 Å². The van der Waals surface area contributed by atoms with Gasteiger partial charge in [-0.1, -0.05) is 186 Å². The van der Waals surface area contributed by atoms with E-state index in [9.17, 15) is 0 Å². The van der Waals surface area contributed by atoms with Crippen molar-refractivity contribution in [3.8, 4) is 5.69 Å².